The molecular weight excluding hydrogens is 336 g/mol. The van der Waals surface area contributed by atoms with Gasteiger partial charge >= 0.3 is 0 Å². The fourth-order valence-electron chi connectivity index (χ4n) is 4.57. The summed E-state index contributed by atoms with van der Waals surface area (Å²) < 4.78 is 0. The van der Waals surface area contributed by atoms with Gasteiger partial charge in [0.15, 0.2) is 5.96 Å². The number of piperidine rings is 1. The summed E-state index contributed by atoms with van der Waals surface area (Å²) in [5, 5.41) is 16.4. The Hall–Kier alpha value is -0.810. The first-order valence-electron chi connectivity index (χ1n) is 11.5. The summed E-state index contributed by atoms with van der Waals surface area (Å²) in [7, 11) is 0. The Morgan fingerprint density at radius 1 is 1.11 bits per heavy atom. The summed E-state index contributed by atoms with van der Waals surface area (Å²) in [4.78, 5) is 7.52. The van der Waals surface area contributed by atoms with Gasteiger partial charge in [0.1, 0.15) is 0 Å². The maximum absolute atomic E-state index is 9.49. The molecule has 2 rings (SSSR count). The van der Waals surface area contributed by atoms with E-state index in [0.29, 0.717) is 0 Å². The summed E-state index contributed by atoms with van der Waals surface area (Å²) in [5.41, 5.74) is 0.223. The van der Waals surface area contributed by atoms with Gasteiger partial charge in [-0.25, -0.2) is 0 Å². The van der Waals surface area contributed by atoms with Gasteiger partial charge in [0.25, 0.3) is 0 Å². The van der Waals surface area contributed by atoms with Crippen molar-refractivity contribution in [1.29, 1.82) is 0 Å². The molecule has 158 valence electrons. The van der Waals surface area contributed by atoms with E-state index in [2.05, 4.69) is 29.4 Å². The maximum Gasteiger partial charge on any atom is 0.191 e. The standard InChI is InChI=1S/C22H44N4O/c1-3-23-21(25-19-22(13-18-27)11-5-4-6-12-22)24-14-7-8-15-26-16-9-20(2)10-17-26/h20,27H,3-19H2,1-2H3,(H2,23,24,25). The number of guanidine groups is 1. The van der Waals surface area contributed by atoms with Crippen molar-refractivity contribution in [2.75, 3.05) is 45.9 Å². The van der Waals surface area contributed by atoms with Crippen LogP contribution in [0, 0.1) is 11.3 Å². The van der Waals surface area contributed by atoms with E-state index in [-0.39, 0.29) is 12.0 Å². The second kappa shape index (κ2) is 12.6. The van der Waals surface area contributed by atoms with Crippen LogP contribution in [0.4, 0.5) is 0 Å². The van der Waals surface area contributed by atoms with Crippen LogP contribution in [0.1, 0.15) is 78.1 Å². The molecule has 5 heteroatoms. The Balaban J connectivity index is 1.69. The molecule has 0 unspecified atom stereocenters. The number of hydrogen-bond acceptors (Lipinski definition) is 3. The molecule has 0 bridgehead atoms. The number of aliphatic hydroxyl groups excluding tert-OH is 1. The first kappa shape index (κ1) is 22.5. The molecule has 1 heterocycles. The van der Waals surface area contributed by atoms with E-state index in [4.69, 9.17) is 4.99 Å². The minimum Gasteiger partial charge on any atom is -0.396 e. The highest BCUT2D eigenvalue weighted by atomic mass is 16.3. The molecule has 0 atom stereocenters. The van der Waals surface area contributed by atoms with E-state index in [1.54, 1.807) is 0 Å². The molecular formula is C22H44N4O. The Labute approximate surface area is 167 Å². The van der Waals surface area contributed by atoms with Crippen LogP contribution < -0.4 is 10.6 Å². The molecule has 0 spiro atoms. The molecule has 3 N–H and O–H groups in total. The number of aliphatic hydroxyl groups is 1. The molecule has 2 aliphatic rings. The van der Waals surface area contributed by atoms with Crippen LogP contribution in [-0.4, -0.2) is 61.8 Å². The fraction of sp³-hybridized carbons (Fsp3) is 0.955. The van der Waals surface area contributed by atoms with Crippen LogP contribution in [0.2, 0.25) is 0 Å². The van der Waals surface area contributed by atoms with Gasteiger partial charge in [-0.3, -0.25) is 4.99 Å². The van der Waals surface area contributed by atoms with Crippen LogP contribution in [0.15, 0.2) is 4.99 Å². The first-order chi connectivity index (χ1) is 13.2. The Kier molecular flexibility index (Phi) is 10.5. The van der Waals surface area contributed by atoms with Crippen molar-refractivity contribution < 1.29 is 5.11 Å². The van der Waals surface area contributed by atoms with Gasteiger partial charge in [0.05, 0.1) is 0 Å². The topological polar surface area (TPSA) is 59.9 Å². The van der Waals surface area contributed by atoms with Crippen LogP contribution in [0.3, 0.4) is 0 Å². The van der Waals surface area contributed by atoms with E-state index < -0.39 is 0 Å². The third-order valence-corrected chi connectivity index (χ3v) is 6.54. The second-order valence-electron chi connectivity index (χ2n) is 8.89. The monoisotopic (exact) mass is 380 g/mol. The molecule has 1 saturated heterocycles. The Morgan fingerprint density at radius 3 is 2.52 bits per heavy atom. The van der Waals surface area contributed by atoms with E-state index in [1.807, 2.05) is 0 Å². The predicted octanol–water partition coefficient (Wildman–Crippen LogP) is 3.39. The molecule has 1 saturated carbocycles. The number of rotatable bonds is 10. The van der Waals surface area contributed by atoms with Gasteiger partial charge in [0, 0.05) is 26.2 Å². The van der Waals surface area contributed by atoms with E-state index in [1.165, 1.54) is 77.4 Å². The maximum atomic E-state index is 9.49. The third-order valence-electron chi connectivity index (χ3n) is 6.54. The lowest BCUT2D eigenvalue weighted by atomic mass is 9.72. The molecule has 0 aromatic heterocycles. The zero-order valence-electron chi connectivity index (χ0n) is 17.9. The van der Waals surface area contributed by atoms with Crippen molar-refractivity contribution >= 4 is 5.96 Å². The third kappa shape index (κ3) is 8.39. The van der Waals surface area contributed by atoms with Gasteiger partial charge in [-0.05, 0) is 82.8 Å². The van der Waals surface area contributed by atoms with Gasteiger partial charge in [-0.2, -0.15) is 0 Å². The minimum absolute atomic E-state index is 0.223. The van der Waals surface area contributed by atoms with Crippen LogP contribution in [0.5, 0.6) is 0 Å². The highest BCUT2D eigenvalue weighted by Gasteiger charge is 2.31. The summed E-state index contributed by atoms with van der Waals surface area (Å²) in [6.45, 7) is 11.3. The second-order valence-corrected chi connectivity index (χ2v) is 8.89. The lowest BCUT2D eigenvalue weighted by Gasteiger charge is -2.35. The molecule has 0 aromatic carbocycles. The molecule has 0 aromatic rings. The number of aliphatic imine (C=N–C) groups is 1. The summed E-state index contributed by atoms with van der Waals surface area (Å²) in [6, 6.07) is 0. The molecule has 1 aliphatic heterocycles. The van der Waals surface area contributed by atoms with Crippen molar-refractivity contribution in [1.82, 2.24) is 15.5 Å². The van der Waals surface area contributed by atoms with Crippen LogP contribution in [0.25, 0.3) is 0 Å². The molecule has 1 aliphatic carbocycles. The van der Waals surface area contributed by atoms with Crippen LogP contribution >= 0.6 is 0 Å². The van der Waals surface area contributed by atoms with Gasteiger partial charge < -0.3 is 20.6 Å². The lowest BCUT2D eigenvalue weighted by Crippen LogP contribution is -2.40. The Morgan fingerprint density at radius 2 is 1.85 bits per heavy atom. The van der Waals surface area contributed by atoms with Gasteiger partial charge in [-0.15, -0.1) is 0 Å². The average molecular weight is 381 g/mol. The van der Waals surface area contributed by atoms with Crippen molar-refractivity contribution in [3.8, 4) is 0 Å². The SMILES string of the molecule is CCNC(=NCC1(CCO)CCCCC1)NCCCCN1CCC(C)CC1. The molecule has 2 fully saturated rings. The van der Waals surface area contributed by atoms with Gasteiger partial charge in [0.2, 0.25) is 0 Å². The number of nitrogens with one attached hydrogen (secondary N) is 2. The highest BCUT2D eigenvalue weighted by Crippen LogP contribution is 2.39. The molecule has 0 amide bonds. The lowest BCUT2D eigenvalue weighted by molar-refractivity contribution is 0.137. The fourth-order valence-corrected chi connectivity index (χ4v) is 4.57. The number of hydrogen-bond donors (Lipinski definition) is 3. The zero-order valence-corrected chi connectivity index (χ0v) is 17.9. The molecule has 27 heavy (non-hydrogen) atoms. The van der Waals surface area contributed by atoms with Gasteiger partial charge in [-0.1, -0.05) is 26.2 Å². The Bertz CT molecular complexity index is 407. The zero-order chi connectivity index (χ0) is 19.4. The van der Waals surface area contributed by atoms with E-state index in [0.717, 1.165) is 37.9 Å². The van der Waals surface area contributed by atoms with E-state index in [9.17, 15) is 5.11 Å². The van der Waals surface area contributed by atoms with E-state index >= 15 is 0 Å². The largest absolute Gasteiger partial charge is 0.396 e. The minimum atomic E-state index is 0.223. The smallest absolute Gasteiger partial charge is 0.191 e. The average Bonchev–Trinajstić information content (AvgIpc) is 2.68. The predicted molar refractivity (Wildman–Crippen MR) is 115 cm³/mol. The number of likely N-dealkylation sites (tertiary alicyclic amines) is 1. The van der Waals surface area contributed by atoms with Crippen molar-refractivity contribution in [2.45, 2.75) is 78.1 Å². The number of unbranched alkanes of at least 4 members (excludes halogenated alkanes) is 1. The highest BCUT2D eigenvalue weighted by molar-refractivity contribution is 5.79. The molecule has 5 nitrogen and oxygen atoms in total. The molecule has 0 radical (unpaired) electrons. The van der Waals surface area contributed by atoms with Crippen molar-refractivity contribution in [2.24, 2.45) is 16.3 Å². The summed E-state index contributed by atoms with van der Waals surface area (Å²) >= 11 is 0. The first-order valence-corrected chi connectivity index (χ1v) is 11.5. The van der Waals surface area contributed by atoms with Crippen molar-refractivity contribution in [3.63, 3.8) is 0 Å². The normalized spacial score (nSPS) is 22.0. The quantitative estimate of drug-likeness (QED) is 0.309. The summed E-state index contributed by atoms with van der Waals surface area (Å²) in [6.07, 6.45) is 12.4. The van der Waals surface area contributed by atoms with Crippen LogP contribution in [-0.2, 0) is 0 Å². The van der Waals surface area contributed by atoms with Crippen molar-refractivity contribution in [3.05, 3.63) is 0 Å². The summed E-state index contributed by atoms with van der Waals surface area (Å²) in [5.74, 6) is 1.87. The number of nitrogens with zero attached hydrogens (tertiary/aromatic N) is 2.